The van der Waals surface area contributed by atoms with Gasteiger partial charge in [0, 0.05) is 0 Å². The van der Waals surface area contributed by atoms with Gasteiger partial charge in [0.05, 0.1) is 0 Å². The quantitative estimate of drug-likeness (QED) is 0.462. The Morgan fingerprint density at radius 2 is 1.26 bits per heavy atom. The summed E-state index contributed by atoms with van der Waals surface area (Å²) < 4.78 is 0. The third-order valence-corrected chi connectivity index (χ3v) is 9.13. The van der Waals surface area contributed by atoms with Crippen LogP contribution in [0.2, 0.25) is 0 Å². The number of rotatable bonds is 3. The molecule has 27 heavy (non-hydrogen) atoms. The number of fused-ring (bicyclic) bond motifs is 1. The molecule has 0 aromatic rings. The summed E-state index contributed by atoms with van der Waals surface area (Å²) in [6.07, 6.45) is 22.8. The smallest absolute Gasteiger partial charge is 0.0324 e. The molecular weight excluding hydrogens is 324 g/mol. The maximum absolute atomic E-state index is 2.59. The normalized spacial score (nSPS) is 42.9. The second-order valence-corrected chi connectivity index (χ2v) is 11.4. The molecule has 0 radical (unpaired) electrons. The molecular formula is C27H50. The lowest BCUT2D eigenvalue weighted by molar-refractivity contribution is 0.00320. The second-order valence-electron chi connectivity index (χ2n) is 11.4. The zero-order valence-electron chi connectivity index (χ0n) is 19.2. The van der Waals surface area contributed by atoms with Crippen LogP contribution >= 0.6 is 0 Å². The van der Waals surface area contributed by atoms with Gasteiger partial charge in [-0.25, -0.2) is 0 Å². The highest BCUT2D eigenvalue weighted by Crippen LogP contribution is 2.55. The van der Waals surface area contributed by atoms with E-state index in [9.17, 15) is 0 Å². The molecule has 0 spiro atoms. The topological polar surface area (TPSA) is 0 Å². The standard InChI is InChI=1S/C19H34.C8H16/c1-3-8-17-14(2)13-16-11-7-12-18(16)19(17)15-9-5-4-6-10-15;1-7-4-3-5-8(2)6-7/h14-19H,3-13H2,1-2H3;7-8H,3-6H2,1-2H3. The van der Waals surface area contributed by atoms with Gasteiger partial charge in [0.15, 0.2) is 0 Å². The monoisotopic (exact) mass is 374 g/mol. The Labute approximate surface area is 171 Å². The molecule has 7 atom stereocenters. The van der Waals surface area contributed by atoms with Crippen molar-refractivity contribution in [2.24, 2.45) is 47.3 Å². The minimum Gasteiger partial charge on any atom is -0.0654 e. The first kappa shape index (κ1) is 21.7. The Kier molecular flexibility index (Phi) is 8.59. The van der Waals surface area contributed by atoms with Crippen LogP contribution in [0.1, 0.15) is 124 Å². The van der Waals surface area contributed by atoms with E-state index in [4.69, 9.17) is 0 Å². The van der Waals surface area contributed by atoms with E-state index in [2.05, 4.69) is 27.7 Å². The summed E-state index contributed by atoms with van der Waals surface area (Å²) in [5, 5.41) is 0. The van der Waals surface area contributed by atoms with Gasteiger partial charge in [0.1, 0.15) is 0 Å². The van der Waals surface area contributed by atoms with Crippen LogP contribution in [0, 0.1) is 47.3 Å². The first-order chi connectivity index (χ1) is 13.1. The van der Waals surface area contributed by atoms with E-state index < -0.39 is 0 Å². The van der Waals surface area contributed by atoms with E-state index in [-0.39, 0.29) is 0 Å². The zero-order chi connectivity index (χ0) is 19.2. The minimum atomic E-state index is 1.01. The van der Waals surface area contributed by atoms with Crippen LogP contribution in [0.4, 0.5) is 0 Å². The van der Waals surface area contributed by atoms with E-state index in [1.807, 2.05) is 0 Å². The molecule has 4 rings (SSSR count). The number of hydrogen-bond donors (Lipinski definition) is 0. The predicted octanol–water partition coefficient (Wildman–Crippen LogP) is 8.89. The molecule has 0 bridgehead atoms. The van der Waals surface area contributed by atoms with Gasteiger partial charge in [-0.3, -0.25) is 0 Å². The van der Waals surface area contributed by atoms with Crippen molar-refractivity contribution < 1.29 is 0 Å². The van der Waals surface area contributed by atoms with Crippen LogP contribution in [-0.2, 0) is 0 Å². The van der Waals surface area contributed by atoms with Crippen LogP contribution in [-0.4, -0.2) is 0 Å². The molecule has 4 aliphatic carbocycles. The van der Waals surface area contributed by atoms with Crippen molar-refractivity contribution in [2.45, 2.75) is 124 Å². The number of hydrogen-bond acceptors (Lipinski definition) is 0. The molecule has 0 nitrogen and oxygen atoms in total. The third-order valence-electron chi connectivity index (χ3n) is 9.13. The first-order valence-corrected chi connectivity index (χ1v) is 13.1. The molecule has 4 aliphatic rings. The molecule has 0 heteroatoms. The van der Waals surface area contributed by atoms with E-state index in [1.54, 1.807) is 38.5 Å². The summed E-state index contributed by atoms with van der Waals surface area (Å²) >= 11 is 0. The van der Waals surface area contributed by atoms with Gasteiger partial charge in [-0.15, -0.1) is 0 Å². The summed E-state index contributed by atoms with van der Waals surface area (Å²) in [6, 6.07) is 0. The van der Waals surface area contributed by atoms with Gasteiger partial charge in [-0.2, -0.15) is 0 Å². The zero-order valence-corrected chi connectivity index (χ0v) is 19.2. The van der Waals surface area contributed by atoms with Crippen molar-refractivity contribution in [3.05, 3.63) is 0 Å². The molecule has 0 heterocycles. The first-order valence-electron chi connectivity index (χ1n) is 13.1. The summed E-state index contributed by atoms with van der Waals surface area (Å²) in [6.45, 7) is 9.74. The molecule has 0 aromatic carbocycles. The van der Waals surface area contributed by atoms with Gasteiger partial charge in [-0.1, -0.05) is 105 Å². The molecule has 0 saturated heterocycles. The van der Waals surface area contributed by atoms with Crippen molar-refractivity contribution >= 4 is 0 Å². The van der Waals surface area contributed by atoms with Crippen LogP contribution < -0.4 is 0 Å². The van der Waals surface area contributed by atoms with Crippen LogP contribution in [0.3, 0.4) is 0 Å². The lowest BCUT2D eigenvalue weighted by Crippen LogP contribution is -2.41. The van der Waals surface area contributed by atoms with E-state index in [0.717, 1.165) is 47.3 Å². The van der Waals surface area contributed by atoms with E-state index in [1.165, 1.54) is 57.8 Å². The lowest BCUT2D eigenvalue weighted by Gasteiger charge is -2.49. The van der Waals surface area contributed by atoms with Crippen LogP contribution in [0.15, 0.2) is 0 Å². The maximum atomic E-state index is 2.59. The fourth-order valence-electron chi connectivity index (χ4n) is 7.98. The van der Waals surface area contributed by atoms with Crippen molar-refractivity contribution in [1.29, 1.82) is 0 Å². The SMILES string of the molecule is CC1CCCC(C)C1.CCCC1C(C)CC2CCCC2C1C1CCCCC1. The highest BCUT2D eigenvalue weighted by Gasteiger charge is 2.47. The Morgan fingerprint density at radius 3 is 1.85 bits per heavy atom. The average molecular weight is 375 g/mol. The fourth-order valence-corrected chi connectivity index (χ4v) is 7.98. The molecule has 4 saturated carbocycles. The van der Waals surface area contributed by atoms with E-state index in [0.29, 0.717) is 0 Å². The Balaban J connectivity index is 0.000000221. The highest BCUT2D eigenvalue weighted by molar-refractivity contribution is 4.96. The molecule has 0 N–H and O–H groups in total. The molecule has 0 amide bonds. The highest BCUT2D eigenvalue weighted by atomic mass is 14.5. The van der Waals surface area contributed by atoms with Gasteiger partial charge < -0.3 is 0 Å². The molecule has 0 aromatic heterocycles. The fraction of sp³-hybridized carbons (Fsp3) is 1.00. The van der Waals surface area contributed by atoms with Crippen LogP contribution in [0.25, 0.3) is 0 Å². The largest absolute Gasteiger partial charge is 0.0654 e. The lowest BCUT2D eigenvalue weighted by atomic mass is 9.56. The minimum absolute atomic E-state index is 1.01. The average Bonchev–Trinajstić information content (AvgIpc) is 3.11. The van der Waals surface area contributed by atoms with Gasteiger partial charge in [0.25, 0.3) is 0 Å². The Morgan fingerprint density at radius 1 is 0.630 bits per heavy atom. The third kappa shape index (κ3) is 5.76. The van der Waals surface area contributed by atoms with Gasteiger partial charge in [-0.05, 0) is 66.6 Å². The van der Waals surface area contributed by atoms with Gasteiger partial charge >= 0.3 is 0 Å². The van der Waals surface area contributed by atoms with Crippen LogP contribution in [0.5, 0.6) is 0 Å². The Hall–Kier alpha value is 0. The molecule has 4 fully saturated rings. The van der Waals surface area contributed by atoms with Crippen molar-refractivity contribution in [2.75, 3.05) is 0 Å². The van der Waals surface area contributed by atoms with Crippen molar-refractivity contribution in [3.63, 3.8) is 0 Å². The summed E-state index contributed by atoms with van der Waals surface area (Å²) in [7, 11) is 0. The summed E-state index contributed by atoms with van der Waals surface area (Å²) in [5.41, 5.74) is 0. The summed E-state index contributed by atoms with van der Waals surface area (Å²) in [4.78, 5) is 0. The van der Waals surface area contributed by atoms with Gasteiger partial charge in [0.2, 0.25) is 0 Å². The maximum Gasteiger partial charge on any atom is -0.0324 e. The molecule has 0 aliphatic heterocycles. The van der Waals surface area contributed by atoms with Crippen molar-refractivity contribution in [3.8, 4) is 0 Å². The Bertz CT molecular complexity index is 398. The predicted molar refractivity (Wildman–Crippen MR) is 120 cm³/mol. The molecule has 7 unspecified atom stereocenters. The second kappa shape index (κ2) is 10.7. The van der Waals surface area contributed by atoms with Crippen molar-refractivity contribution in [1.82, 2.24) is 0 Å². The van der Waals surface area contributed by atoms with E-state index >= 15 is 0 Å². The summed E-state index contributed by atoms with van der Waals surface area (Å²) in [5.74, 6) is 8.61. The molecule has 158 valence electrons.